The van der Waals surface area contributed by atoms with Gasteiger partial charge in [-0.3, -0.25) is 9.59 Å². The molecule has 0 aromatic heterocycles. The van der Waals surface area contributed by atoms with Crippen molar-refractivity contribution in [2.45, 2.75) is 32.7 Å². The number of rotatable bonds is 9. The van der Waals surface area contributed by atoms with E-state index in [1.807, 2.05) is 30.3 Å². The van der Waals surface area contributed by atoms with E-state index in [0.29, 0.717) is 0 Å². The Labute approximate surface area is 141 Å². The molecule has 0 saturated carbocycles. The van der Waals surface area contributed by atoms with Crippen LogP contribution in [0.3, 0.4) is 0 Å². The van der Waals surface area contributed by atoms with Crippen molar-refractivity contribution in [3.05, 3.63) is 42.0 Å². The summed E-state index contributed by atoms with van der Waals surface area (Å²) in [6.07, 6.45) is 3.14. The monoisotopic (exact) mass is 333 g/mol. The normalized spacial score (nSPS) is 11.8. The summed E-state index contributed by atoms with van der Waals surface area (Å²) in [4.78, 5) is 35.3. The van der Waals surface area contributed by atoms with E-state index in [-0.39, 0.29) is 26.1 Å². The smallest absolute Gasteiger partial charge is 0.328 e. The van der Waals surface area contributed by atoms with E-state index in [2.05, 4.69) is 5.32 Å². The molecule has 0 bridgehead atoms. The van der Waals surface area contributed by atoms with Crippen LogP contribution in [-0.2, 0) is 23.9 Å². The van der Waals surface area contributed by atoms with Crippen molar-refractivity contribution in [1.82, 2.24) is 5.32 Å². The van der Waals surface area contributed by atoms with Gasteiger partial charge >= 0.3 is 11.9 Å². The average molecular weight is 333 g/mol. The lowest BCUT2D eigenvalue weighted by atomic mass is 10.1. The molecule has 1 rings (SSSR count). The van der Waals surface area contributed by atoms with Gasteiger partial charge in [0.2, 0.25) is 5.91 Å². The minimum Gasteiger partial charge on any atom is -0.466 e. The average Bonchev–Trinajstić information content (AvgIpc) is 2.58. The van der Waals surface area contributed by atoms with Crippen LogP contribution in [0, 0.1) is 0 Å². The minimum absolute atomic E-state index is 0.0278. The molecule has 0 unspecified atom stereocenters. The van der Waals surface area contributed by atoms with E-state index in [9.17, 15) is 14.4 Å². The number of carbonyl (C=O) groups excluding carboxylic acids is 3. The third-order valence-electron chi connectivity index (χ3n) is 3.06. The summed E-state index contributed by atoms with van der Waals surface area (Å²) in [6.45, 7) is 3.86. The number of nitrogens with one attached hydrogen (secondary N) is 1. The number of hydrogen-bond donors (Lipinski definition) is 1. The van der Waals surface area contributed by atoms with Crippen molar-refractivity contribution >= 4 is 23.9 Å². The van der Waals surface area contributed by atoms with E-state index in [1.54, 1.807) is 19.9 Å². The molecule has 0 aliphatic rings. The second-order valence-electron chi connectivity index (χ2n) is 4.90. The number of benzene rings is 1. The highest BCUT2D eigenvalue weighted by Crippen LogP contribution is 2.04. The predicted molar refractivity (Wildman–Crippen MR) is 89.9 cm³/mol. The molecule has 1 N–H and O–H groups in total. The number of esters is 2. The fraction of sp³-hybridized carbons (Fsp3) is 0.389. The van der Waals surface area contributed by atoms with E-state index in [1.165, 1.54) is 6.08 Å². The maximum absolute atomic E-state index is 12.0. The van der Waals surface area contributed by atoms with Crippen molar-refractivity contribution in [2.24, 2.45) is 0 Å². The summed E-state index contributed by atoms with van der Waals surface area (Å²) in [5, 5.41) is 2.56. The molecule has 0 aliphatic heterocycles. The quantitative estimate of drug-likeness (QED) is 0.553. The zero-order valence-corrected chi connectivity index (χ0v) is 14.0. The van der Waals surface area contributed by atoms with Gasteiger partial charge in [0, 0.05) is 12.5 Å². The van der Waals surface area contributed by atoms with Gasteiger partial charge in [0.05, 0.1) is 13.2 Å². The Morgan fingerprint density at radius 1 is 1.08 bits per heavy atom. The molecule has 0 fully saturated rings. The second-order valence-corrected chi connectivity index (χ2v) is 4.90. The summed E-state index contributed by atoms with van der Waals surface area (Å²) < 4.78 is 9.75. The maximum atomic E-state index is 12.0. The molecule has 130 valence electrons. The van der Waals surface area contributed by atoms with Crippen LogP contribution in [0.25, 0.3) is 6.08 Å². The van der Waals surface area contributed by atoms with Crippen LogP contribution >= 0.6 is 0 Å². The standard InChI is InChI=1S/C18H23NO5/c1-3-23-17(21)13-11-15(18(22)24-4-2)19-16(20)12-10-14-8-6-5-7-9-14/h5-10,12,15H,3-4,11,13H2,1-2H3,(H,19,20)/t15-/m0/s1. The van der Waals surface area contributed by atoms with Crippen molar-refractivity contribution in [1.29, 1.82) is 0 Å². The van der Waals surface area contributed by atoms with Crippen LogP contribution in [0.4, 0.5) is 0 Å². The third kappa shape index (κ3) is 7.58. The molecular formula is C18H23NO5. The summed E-state index contributed by atoms with van der Waals surface area (Å²) in [7, 11) is 0. The van der Waals surface area contributed by atoms with Crippen LogP contribution in [0.5, 0.6) is 0 Å². The topological polar surface area (TPSA) is 81.7 Å². The molecule has 1 amide bonds. The summed E-state index contributed by atoms with van der Waals surface area (Å²) in [6, 6.07) is 8.42. The molecule has 1 atom stereocenters. The first kappa shape index (κ1) is 19.4. The van der Waals surface area contributed by atoms with Gasteiger partial charge in [-0.05, 0) is 31.9 Å². The zero-order chi connectivity index (χ0) is 17.8. The fourth-order valence-corrected chi connectivity index (χ4v) is 1.94. The number of hydrogen-bond acceptors (Lipinski definition) is 5. The molecule has 1 aromatic carbocycles. The van der Waals surface area contributed by atoms with Gasteiger partial charge in [-0.2, -0.15) is 0 Å². The highest BCUT2D eigenvalue weighted by atomic mass is 16.5. The number of amides is 1. The highest BCUT2D eigenvalue weighted by Gasteiger charge is 2.22. The molecule has 6 nitrogen and oxygen atoms in total. The first-order valence-electron chi connectivity index (χ1n) is 7.92. The second kappa shape index (κ2) is 11.0. The lowest BCUT2D eigenvalue weighted by Crippen LogP contribution is -2.41. The molecule has 1 aromatic rings. The molecule has 0 radical (unpaired) electrons. The van der Waals surface area contributed by atoms with Crippen molar-refractivity contribution < 1.29 is 23.9 Å². The SMILES string of the molecule is CCOC(=O)CC[C@H](NC(=O)C=Cc1ccccc1)C(=O)OCC. The molecule has 24 heavy (non-hydrogen) atoms. The maximum Gasteiger partial charge on any atom is 0.328 e. The van der Waals surface area contributed by atoms with Crippen LogP contribution in [0.15, 0.2) is 36.4 Å². The fourth-order valence-electron chi connectivity index (χ4n) is 1.94. The van der Waals surface area contributed by atoms with Gasteiger partial charge in [-0.1, -0.05) is 30.3 Å². The van der Waals surface area contributed by atoms with Crippen LogP contribution < -0.4 is 5.32 Å². The Kier molecular flexibility index (Phi) is 8.89. The highest BCUT2D eigenvalue weighted by molar-refractivity contribution is 5.94. The summed E-state index contributed by atoms with van der Waals surface area (Å²) in [5.41, 5.74) is 0.867. The van der Waals surface area contributed by atoms with Gasteiger partial charge < -0.3 is 14.8 Å². The van der Waals surface area contributed by atoms with Crippen molar-refractivity contribution in [3.63, 3.8) is 0 Å². The summed E-state index contributed by atoms with van der Waals surface area (Å²) >= 11 is 0. The molecule has 0 aliphatic carbocycles. The minimum atomic E-state index is -0.887. The Hall–Kier alpha value is -2.63. The Morgan fingerprint density at radius 3 is 2.38 bits per heavy atom. The first-order chi connectivity index (χ1) is 11.6. The van der Waals surface area contributed by atoms with Gasteiger partial charge in [-0.15, -0.1) is 0 Å². The lowest BCUT2D eigenvalue weighted by molar-refractivity contribution is -0.148. The van der Waals surface area contributed by atoms with E-state index >= 15 is 0 Å². The molecule has 0 spiro atoms. The van der Waals surface area contributed by atoms with Gasteiger partial charge in [0.15, 0.2) is 0 Å². The first-order valence-corrected chi connectivity index (χ1v) is 7.92. The summed E-state index contributed by atoms with van der Waals surface area (Å²) in [5.74, 6) is -1.41. The predicted octanol–water partition coefficient (Wildman–Crippen LogP) is 2.09. The van der Waals surface area contributed by atoms with E-state index in [0.717, 1.165) is 5.56 Å². The number of carbonyl (C=O) groups is 3. The Balaban J connectivity index is 2.62. The van der Waals surface area contributed by atoms with Gasteiger partial charge in [0.1, 0.15) is 6.04 Å². The van der Waals surface area contributed by atoms with E-state index < -0.39 is 23.9 Å². The lowest BCUT2D eigenvalue weighted by Gasteiger charge is -2.15. The molecular weight excluding hydrogens is 310 g/mol. The number of ether oxygens (including phenoxy) is 2. The third-order valence-corrected chi connectivity index (χ3v) is 3.06. The van der Waals surface area contributed by atoms with Crippen LogP contribution in [0.1, 0.15) is 32.3 Å². The molecule has 6 heteroatoms. The van der Waals surface area contributed by atoms with Crippen molar-refractivity contribution in [2.75, 3.05) is 13.2 Å². The van der Waals surface area contributed by atoms with E-state index in [4.69, 9.17) is 9.47 Å². The van der Waals surface area contributed by atoms with Gasteiger partial charge in [-0.25, -0.2) is 4.79 Å². The Bertz CT molecular complexity index is 568. The molecule has 0 heterocycles. The van der Waals surface area contributed by atoms with Gasteiger partial charge in [0.25, 0.3) is 0 Å². The largest absolute Gasteiger partial charge is 0.466 e. The van der Waals surface area contributed by atoms with Crippen molar-refractivity contribution in [3.8, 4) is 0 Å². The zero-order valence-electron chi connectivity index (χ0n) is 14.0. The van der Waals surface area contributed by atoms with Crippen LogP contribution in [-0.4, -0.2) is 37.1 Å². The Morgan fingerprint density at radius 2 is 1.75 bits per heavy atom. The molecule has 0 saturated heterocycles. The van der Waals surface area contributed by atoms with Crippen LogP contribution in [0.2, 0.25) is 0 Å².